The van der Waals surface area contributed by atoms with E-state index in [1.54, 1.807) is 29.1 Å². The molecule has 1 atom stereocenters. The Kier molecular flexibility index (Phi) is 3.08. The third-order valence-corrected chi connectivity index (χ3v) is 4.17. The highest BCUT2D eigenvalue weighted by atomic mass is 16.3. The molecule has 6 heteroatoms. The van der Waals surface area contributed by atoms with Crippen molar-refractivity contribution in [2.75, 3.05) is 13.6 Å². The molecule has 2 aliphatic heterocycles. The van der Waals surface area contributed by atoms with Crippen LogP contribution in [0.3, 0.4) is 0 Å². The monoisotopic (exact) mass is 275 g/mol. The molecule has 6 nitrogen and oxygen atoms in total. The van der Waals surface area contributed by atoms with E-state index in [0.29, 0.717) is 32.4 Å². The average molecular weight is 275 g/mol. The molecule has 1 aromatic rings. The first-order valence-electron chi connectivity index (χ1n) is 6.77. The van der Waals surface area contributed by atoms with Gasteiger partial charge < -0.3 is 14.9 Å². The van der Waals surface area contributed by atoms with Gasteiger partial charge in [0, 0.05) is 38.8 Å². The molecule has 0 unspecified atom stereocenters. The Hall–Kier alpha value is -2.11. The first kappa shape index (κ1) is 12.9. The zero-order valence-corrected chi connectivity index (χ0v) is 11.4. The normalized spacial score (nSPS) is 22.1. The number of amides is 2. The van der Waals surface area contributed by atoms with E-state index < -0.39 is 0 Å². The summed E-state index contributed by atoms with van der Waals surface area (Å²) in [4.78, 5) is 31.2. The predicted octanol–water partition coefficient (Wildman–Crippen LogP) is 0.293. The van der Waals surface area contributed by atoms with Crippen molar-refractivity contribution < 1.29 is 14.7 Å². The molecule has 0 bridgehead atoms. The Morgan fingerprint density at radius 1 is 1.40 bits per heavy atom. The van der Waals surface area contributed by atoms with Crippen molar-refractivity contribution in [2.45, 2.75) is 31.8 Å². The molecule has 1 fully saturated rings. The van der Waals surface area contributed by atoms with Gasteiger partial charge >= 0.3 is 0 Å². The van der Waals surface area contributed by atoms with E-state index in [1.807, 2.05) is 0 Å². The molecular weight excluding hydrogens is 258 g/mol. The number of fused-ring (bicyclic) bond motifs is 1. The second kappa shape index (κ2) is 4.77. The minimum atomic E-state index is -0.325. The Bertz CT molecular complexity index is 573. The first-order valence-corrected chi connectivity index (χ1v) is 6.77. The topological polar surface area (TPSA) is 73.7 Å². The fraction of sp³-hybridized carbons (Fsp3) is 0.500. The maximum atomic E-state index is 12.5. The number of likely N-dealkylation sites (N-methyl/N-ethyl adjacent to an activating group) is 1. The van der Waals surface area contributed by atoms with E-state index in [9.17, 15) is 14.7 Å². The second-order valence-corrected chi connectivity index (χ2v) is 5.38. The number of carbonyl (C=O) groups excluding carboxylic acids is 2. The van der Waals surface area contributed by atoms with Gasteiger partial charge in [0.05, 0.1) is 0 Å². The van der Waals surface area contributed by atoms with Crippen LogP contribution in [0.4, 0.5) is 0 Å². The minimum absolute atomic E-state index is 0.0112. The Labute approximate surface area is 117 Å². The molecule has 3 rings (SSSR count). The molecule has 0 radical (unpaired) electrons. The van der Waals surface area contributed by atoms with E-state index in [1.165, 1.54) is 0 Å². The van der Waals surface area contributed by atoms with E-state index in [-0.39, 0.29) is 23.7 Å². The Morgan fingerprint density at radius 3 is 2.90 bits per heavy atom. The lowest BCUT2D eigenvalue weighted by Gasteiger charge is -2.32. The molecule has 2 amide bonds. The van der Waals surface area contributed by atoms with E-state index in [2.05, 4.69) is 4.98 Å². The smallest absolute Gasteiger partial charge is 0.245 e. The Morgan fingerprint density at radius 2 is 2.20 bits per heavy atom. The van der Waals surface area contributed by atoms with Crippen molar-refractivity contribution >= 4 is 11.8 Å². The maximum absolute atomic E-state index is 12.5. The highest BCUT2D eigenvalue weighted by Crippen LogP contribution is 2.24. The number of rotatable bonds is 1. The molecule has 0 saturated carbocycles. The van der Waals surface area contributed by atoms with Crippen LogP contribution >= 0.6 is 0 Å². The number of likely N-dealkylation sites (tertiary alicyclic amines) is 1. The molecule has 1 N–H and O–H groups in total. The fourth-order valence-corrected chi connectivity index (χ4v) is 2.92. The zero-order valence-electron chi connectivity index (χ0n) is 11.4. The van der Waals surface area contributed by atoms with Crippen LogP contribution < -0.4 is 0 Å². The van der Waals surface area contributed by atoms with Gasteiger partial charge in [-0.05, 0) is 24.0 Å². The predicted molar refractivity (Wildman–Crippen MR) is 70.8 cm³/mol. The van der Waals surface area contributed by atoms with Gasteiger partial charge in [0.25, 0.3) is 0 Å². The number of carbonyl (C=O) groups is 2. The van der Waals surface area contributed by atoms with Crippen molar-refractivity contribution in [3.8, 4) is 5.88 Å². The quantitative estimate of drug-likeness (QED) is 0.799. The fourth-order valence-electron chi connectivity index (χ4n) is 2.92. The minimum Gasteiger partial charge on any atom is -0.493 e. The summed E-state index contributed by atoms with van der Waals surface area (Å²) < 4.78 is 0. The molecule has 3 heterocycles. The van der Waals surface area contributed by atoms with Gasteiger partial charge in [0.15, 0.2) is 0 Å². The van der Waals surface area contributed by atoms with Gasteiger partial charge in [0.1, 0.15) is 6.04 Å². The lowest BCUT2D eigenvalue weighted by Crippen LogP contribution is -2.46. The second-order valence-electron chi connectivity index (χ2n) is 5.38. The number of hydrogen-bond acceptors (Lipinski definition) is 4. The molecule has 0 aromatic carbocycles. The van der Waals surface area contributed by atoms with Crippen LogP contribution in [0.15, 0.2) is 12.3 Å². The van der Waals surface area contributed by atoms with Crippen molar-refractivity contribution in [1.82, 2.24) is 14.8 Å². The molecule has 1 saturated heterocycles. The molecule has 0 aliphatic carbocycles. The molecule has 1 aromatic heterocycles. The van der Waals surface area contributed by atoms with E-state index in [4.69, 9.17) is 0 Å². The van der Waals surface area contributed by atoms with Crippen molar-refractivity contribution in [1.29, 1.82) is 0 Å². The first-order chi connectivity index (χ1) is 9.56. The van der Waals surface area contributed by atoms with Crippen molar-refractivity contribution in [3.63, 3.8) is 0 Å². The SMILES string of the molecule is CN1C(=O)CC[C@@H]1C(=O)N1CCc2cc(O)ncc2C1. The van der Waals surface area contributed by atoms with Crippen LogP contribution in [0.25, 0.3) is 0 Å². The van der Waals surface area contributed by atoms with Gasteiger partial charge in [-0.2, -0.15) is 0 Å². The number of aromatic nitrogens is 1. The van der Waals surface area contributed by atoms with Crippen LogP contribution in [0, 0.1) is 0 Å². The number of aromatic hydroxyl groups is 1. The van der Waals surface area contributed by atoms with Gasteiger partial charge in [0.2, 0.25) is 17.7 Å². The molecular formula is C14H17N3O3. The highest BCUT2D eigenvalue weighted by Gasteiger charge is 2.36. The van der Waals surface area contributed by atoms with E-state index in [0.717, 1.165) is 11.1 Å². The Balaban J connectivity index is 1.75. The number of hydrogen-bond donors (Lipinski definition) is 1. The number of nitrogens with zero attached hydrogens (tertiary/aromatic N) is 3. The summed E-state index contributed by atoms with van der Waals surface area (Å²) in [7, 11) is 1.69. The number of pyridine rings is 1. The molecule has 20 heavy (non-hydrogen) atoms. The summed E-state index contributed by atoms with van der Waals surface area (Å²) in [6, 6.07) is 1.33. The van der Waals surface area contributed by atoms with Gasteiger partial charge in [-0.25, -0.2) is 4.98 Å². The van der Waals surface area contributed by atoms with E-state index >= 15 is 0 Å². The van der Waals surface area contributed by atoms with Crippen LogP contribution in [0.1, 0.15) is 24.0 Å². The maximum Gasteiger partial charge on any atom is 0.245 e. The summed E-state index contributed by atoms with van der Waals surface area (Å²) in [5.74, 6) is 0.0640. The van der Waals surface area contributed by atoms with Crippen LogP contribution in [0.5, 0.6) is 5.88 Å². The summed E-state index contributed by atoms with van der Waals surface area (Å²) >= 11 is 0. The van der Waals surface area contributed by atoms with Gasteiger partial charge in [-0.3, -0.25) is 9.59 Å². The summed E-state index contributed by atoms with van der Waals surface area (Å²) in [5.41, 5.74) is 2.01. The summed E-state index contributed by atoms with van der Waals surface area (Å²) in [6.07, 6.45) is 3.38. The zero-order chi connectivity index (χ0) is 14.3. The summed E-state index contributed by atoms with van der Waals surface area (Å²) in [5, 5.41) is 9.36. The van der Waals surface area contributed by atoms with Crippen molar-refractivity contribution in [3.05, 3.63) is 23.4 Å². The standard InChI is InChI=1S/C14H17N3O3/c1-16-11(2-3-13(16)19)14(20)17-5-4-9-6-12(18)15-7-10(9)8-17/h6-7,11H,2-5,8H2,1H3,(H,15,18)/t11-/m1/s1. The highest BCUT2D eigenvalue weighted by molar-refractivity contribution is 5.90. The van der Waals surface area contributed by atoms with Crippen LogP contribution in [0.2, 0.25) is 0 Å². The largest absolute Gasteiger partial charge is 0.493 e. The lowest BCUT2D eigenvalue weighted by molar-refractivity contribution is -0.140. The van der Waals surface area contributed by atoms with Crippen LogP contribution in [-0.4, -0.2) is 51.3 Å². The molecule has 0 spiro atoms. The summed E-state index contributed by atoms with van der Waals surface area (Å²) in [6.45, 7) is 1.12. The third-order valence-electron chi connectivity index (χ3n) is 4.17. The van der Waals surface area contributed by atoms with Gasteiger partial charge in [-0.1, -0.05) is 0 Å². The third kappa shape index (κ3) is 2.11. The van der Waals surface area contributed by atoms with Crippen LogP contribution in [-0.2, 0) is 22.6 Å². The molecule has 106 valence electrons. The van der Waals surface area contributed by atoms with Crippen molar-refractivity contribution in [2.24, 2.45) is 0 Å². The lowest BCUT2D eigenvalue weighted by atomic mass is 10.0. The molecule has 2 aliphatic rings. The average Bonchev–Trinajstić information content (AvgIpc) is 2.77. The van der Waals surface area contributed by atoms with Gasteiger partial charge in [-0.15, -0.1) is 0 Å².